The molecule has 0 amide bonds. The molecule has 0 aromatic carbocycles. The molecule has 0 aliphatic heterocycles. The van der Waals surface area contributed by atoms with Crippen LogP contribution in [0.25, 0.3) is 0 Å². The molecule has 0 radical (unpaired) electrons. The second-order valence-electron chi connectivity index (χ2n) is 2.40. The van der Waals surface area contributed by atoms with Gasteiger partial charge < -0.3 is 10.2 Å². The van der Waals surface area contributed by atoms with Gasteiger partial charge >= 0.3 is 59.1 Å². The fourth-order valence-electron chi connectivity index (χ4n) is 0. The number of rotatable bonds is 0. The van der Waals surface area contributed by atoms with E-state index in [-0.39, 0.29) is 65.7 Å². The van der Waals surface area contributed by atoms with E-state index in [1.54, 1.807) is 27.7 Å². The van der Waals surface area contributed by atoms with Crippen LogP contribution >= 0.6 is 0 Å². The first-order chi connectivity index (χ1) is 3.41. The van der Waals surface area contributed by atoms with E-state index in [1.165, 1.54) is 0 Å². The average Bonchev–Trinajstić information content (AvgIpc) is 1.27. The van der Waals surface area contributed by atoms with Crippen LogP contribution in [0.5, 0.6) is 0 Å². The van der Waals surface area contributed by atoms with E-state index in [2.05, 4.69) is 0 Å². The van der Waals surface area contributed by atoms with Crippen molar-refractivity contribution in [3.8, 4) is 0 Å². The molecule has 0 saturated heterocycles. The zero-order chi connectivity index (χ0) is 7.21. The Kier molecular flexibility index (Phi) is 30.6. The van der Waals surface area contributed by atoms with Gasteiger partial charge in [0.25, 0.3) is 0 Å². The molecular weight excluding hydrogens is 150 g/mol. The summed E-state index contributed by atoms with van der Waals surface area (Å²) in [5.41, 5.74) is -0.750. The third-order valence-corrected chi connectivity index (χ3v) is 0. The molecule has 10 heavy (non-hydrogen) atoms. The topological polar surface area (TPSA) is 46.1 Å². The molecular formula is C6H14Na2O2. The van der Waals surface area contributed by atoms with E-state index in [1.807, 2.05) is 0 Å². The summed E-state index contributed by atoms with van der Waals surface area (Å²) in [7, 11) is 0. The van der Waals surface area contributed by atoms with Crippen LogP contribution in [0.4, 0.5) is 0 Å². The maximum absolute atomic E-state index is 10.1. The molecule has 0 rings (SSSR count). The van der Waals surface area contributed by atoms with Crippen LogP contribution < -0.4 is 69.3 Å². The Hall–Kier alpha value is 1.92. The standard InChI is InChI=1S/C4H9O.C2H5O.2Na/c1-4(2,3)5;1-2-3;;/h1-3H3;2H2,1H3;;/q2*-1;2*+1. The van der Waals surface area contributed by atoms with Crippen molar-refractivity contribution in [1.82, 2.24) is 0 Å². The zero-order valence-corrected chi connectivity index (χ0v) is 12.0. The summed E-state index contributed by atoms with van der Waals surface area (Å²) in [6, 6.07) is 0. The van der Waals surface area contributed by atoms with Gasteiger partial charge in [-0.2, -0.15) is 0 Å². The van der Waals surface area contributed by atoms with Crippen molar-refractivity contribution in [2.45, 2.75) is 33.3 Å². The van der Waals surface area contributed by atoms with Crippen LogP contribution in [0.1, 0.15) is 27.7 Å². The Balaban J connectivity index is -0.0000000326. The van der Waals surface area contributed by atoms with Crippen molar-refractivity contribution in [3.63, 3.8) is 0 Å². The van der Waals surface area contributed by atoms with Crippen LogP contribution in [-0.4, -0.2) is 12.2 Å². The number of hydrogen-bond donors (Lipinski definition) is 0. The first-order valence-corrected chi connectivity index (χ1v) is 2.70. The average molecular weight is 164 g/mol. The summed E-state index contributed by atoms with van der Waals surface area (Å²) >= 11 is 0. The van der Waals surface area contributed by atoms with Gasteiger partial charge in [-0.1, -0.05) is 27.7 Å². The molecule has 0 fully saturated rings. The van der Waals surface area contributed by atoms with E-state index in [4.69, 9.17) is 5.11 Å². The predicted octanol–water partition coefficient (Wildman–Crippen LogP) is -6.48. The van der Waals surface area contributed by atoms with Gasteiger partial charge in [0.2, 0.25) is 0 Å². The predicted molar refractivity (Wildman–Crippen MR) is 30.3 cm³/mol. The van der Waals surface area contributed by atoms with Gasteiger partial charge in [0, 0.05) is 0 Å². The number of hydrogen-bond acceptors (Lipinski definition) is 2. The molecule has 0 atom stereocenters. The normalized spacial score (nSPS) is 7.80. The van der Waals surface area contributed by atoms with Crippen LogP contribution in [0.15, 0.2) is 0 Å². The van der Waals surface area contributed by atoms with Crippen LogP contribution in [0, 0.1) is 0 Å². The molecule has 0 aromatic rings. The maximum Gasteiger partial charge on any atom is 1.00 e. The van der Waals surface area contributed by atoms with Crippen molar-refractivity contribution in [2.24, 2.45) is 0 Å². The van der Waals surface area contributed by atoms with Crippen molar-refractivity contribution in [3.05, 3.63) is 0 Å². The second-order valence-corrected chi connectivity index (χ2v) is 2.40. The SMILES string of the molecule is CC(C)(C)[O-].CC[O-].[Na+].[Na+]. The molecule has 0 aliphatic carbocycles. The fraction of sp³-hybridized carbons (Fsp3) is 1.00. The van der Waals surface area contributed by atoms with Gasteiger partial charge in [-0.25, -0.2) is 0 Å². The summed E-state index contributed by atoms with van der Waals surface area (Å²) in [6.07, 6.45) is 0. The van der Waals surface area contributed by atoms with Gasteiger partial charge in [0.05, 0.1) is 0 Å². The molecule has 0 aromatic heterocycles. The molecule has 0 aliphatic rings. The molecule has 4 heteroatoms. The van der Waals surface area contributed by atoms with Gasteiger partial charge in [0.15, 0.2) is 0 Å². The Labute approximate surface area is 108 Å². The van der Waals surface area contributed by atoms with E-state index >= 15 is 0 Å². The summed E-state index contributed by atoms with van der Waals surface area (Å²) < 4.78 is 0. The third kappa shape index (κ3) is 214. The van der Waals surface area contributed by atoms with Crippen molar-refractivity contribution in [1.29, 1.82) is 0 Å². The Morgan fingerprint density at radius 3 is 1.10 bits per heavy atom. The smallest absolute Gasteiger partial charge is 0.855 e. The first kappa shape index (κ1) is 22.7. The summed E-state index contributed by atoms with van der Waals surface area (Å²) in [6.45, 7) is 6.47. The van der Waals surface area contributed by atoms with E-state index in [0.717, 1.165) is 0 Å². The minimum atomic E-state index is -0.750. The summed E-state index contributed by atoms with van der Waals surface area (Å²) in [5.74, 6) is 0. The van der Waals surface area contributed by atoms with E-state index < -0.39 is 5.60 Å². The molecule has 0 bridgehead atoms. The van der Waals surface area contributed by atoms with Gasteiger partial charge in [-0.05, 0) is 0 Å². The van der Waals surface area contributed by atoms with Crippen molar-refractivity contribution < 1.29 is 69.3 Å². The van der Waals surface area contributed by atoms with Crippen molar-refractivity contribution >= 4 is 0 Å². The minimum absolute atomic E-state index is 0. The molecule has 2 nitrogen and oxygen atoms in total. The molecule has 52 valence electrons. The minimum Gasteiger partial charge on any atom is -0.855 e. The van der Waals surface area contributed by atoms with Crippen molar-refractivity contribution in [2.75, 3.05) is 6.61 Å². The monoisotopic (exact) mass is 164 g/mol. The summed E-state index contributed by atoms with van der Waals surface area (Å²) in [5, 5.41) is 19.0. The van der Waals surface area contributed by atoms with Crippen LogP contribution in [0.2, 0.25) is 0 Å². The Morgan fingerprint density at radius 2 is 1.10 bits per heavy atom. The molecule has 0 unspecified atom stereocenters. The Bertz CT molecular complexity index is 37.5. The molecule has 0 N–H and O–H groups in total. The molecule has 0 spiro atoms. The third-order valence-electron chi connectivity index (χ3n) is 0. The van der Waals surface area contributed by atoms with E-state index in [9.17, 15) is 5.11 Å². The fourth-order valence-corrected chi connectivity index (χ4v) is 0. The maximum atomic E-state index is 10.1. The van der Waals surface area contributed by atoms with Crippen LogP contribution in [-0.2, 0) is 0 Å². The molecule has 0 heterocycles. The van der Waals surface area contributed by atoms with Crippen LogP contribution in [0.3, 0.4) is 0 Å². The summed E-state index contributed by atoms with van der Waals surface area (Å²) in [4.78, 5) is 0. The van der Waals surface area contributed by atoms with Gasteiger partial charge in [-0.15, -0.1) is 12.2 Å². The quantitative estimate of drug-likeness (QED) is 0.334. The first-order valence-electron chi connectivity index (χ1n) is 2.70. The largest absolute Gasteiger partial charge is 1.00 e. The van der Waals surface area contributed by atoms with Gasteiger partial charge in [-0.3, -0.25) is 0 Å². The zero-order valence-electron chi connectivity index (χ0n) is 8.02. The van der Waals surface area contributed by atoms with E-state index in [0.29, 0.717) is 0 Å². The molecule has 0 saturated carbocycles. The van der Waals surface area contributed by atoms with Gasteiger partial charge in [0.1, 0.15) is 0 Å². The second kappa shape index (κ2) is 13.5. The Morgan fingerprint density at radius 1 is 1.10 bits per heavy atom.